The first kappa shape index (κ1) is 15.3. The minimum atomic E-state index is 0.0856. The molecule has 1 aliphatic rings. The van der Waals surface area contributed by atoms with Crippen molar-refractivity contribution in [2.45, 2.75) is 19.3 Å². The lowest BCUT2D eigenvalue weighted by Gasteiger charge is -2.32. The quantitative estimate of drug-likeness (QED) is 0.661. The molecule has 0 aromatic heterocycles. The number of carbonyl (C=O) groups is 1. The molecule has 0 spiro atoms. The van der Waals surface area contributed by atoms with Crippen LogP contribution in [-0.4, -0.2) is 29.2 Å². The number of carbonyl (C=O) groups excluding carboxylic acids is 1. The summed E-state index contributed by atoms with van der Waals surface area (Å²) < 4.78 is 0.845. The van der Waals surface area contributed by atoms with Gasteiger partial charge in [-0.05, 0) is 43.4 Å². The van der Waals surface area contributed by atoms with Crippen LogP contribution in [0.2, 0.25) is 5.02 Å². The number of hydrogen-bond donors (Lipinski definition) is 0. The van der Waals surface area contributed by atoms with E-state index in [0.29, 0.717) is 16.5 Å². The highest BCUT2D eigenvalue weighted by Gasteiger charge is 2.24. The van der Waals surface area contributed by atoms with Gasteiger partial charge < -0.3 is 4.90 Å². The lowest BCUT2D eigenvalue weighted by molar-refractivity contribution is 0.0672. The van der Waals surface area contributed by atoms with E-state index in [4.69, 9.17) is 11.6 Å². The molecule has 1 atom stereocenters. The van der Waals surface area contributed by atoms with E-state index in [1.54, 1.807) is 12.1 Å². The van der Waals surface area contributed by atoms with Crippen LogP contribution in [-0.2, 0) is 0 Å². The Hall–Kier alpha value is -0.0600. The number of hydrogen-bond acceptors (Lipinski definition) is 1. The van der Waals surface area contributed by atoms with E-state index >= 15 is 0 Å². The number of nitrogens with zero attached hydrogens (tertiary/aromatic N) is 1. The van der Waals surface area contributed by atoms with Crippen LogP contribution >= 0.6 is 43.5 Å². The van der Waals surface area contributed by atoms with Gasteiger partial charge in [0.15, 0.2) is 0 Å². The van der Waals surface area contributed by atoms with Crippen molar-refractivity contribution < 1.29 is 4.79 Å². The molecule has 0 bridgehead atoms. The van der Waals surface area contributed by atoms with Crippen molar-refractivity contribution in [3.63, 3.8) is 0 Å². The molecule has 1 unspecified atom stereocenters. The highest BCUT2D eigenvalue weighted by molar-refractivity contribution is 9.10. The van der Waals surface area contributed by atoms with Crippen molar-refractivity contribution in [3.05, 3.63) is 33.3 Å². The van der Waals surface area contributed by atoms with Crippen LogP contribution in [0.3, 0.4) is 0 Å². The van der Waals surface area contributed by atoms with Crippen LogP contribution in [0.1, 0.15) is 29.6 Å². The maximum Gasteiger partial charge on any atom is 0.253 e. The average Bonchev–Trinajstić information content (AvgIpc) is 2.37. The first-order chi connectivity index (χ1) is 9.10. The maximum atomic E-state index is 12.5. The van der Waals surface area contributed by atoms with Gasteiger partial charge in [-0.3, -0.25) is 4.79 Å². The molecule has 0 saturated carbocycles. The Morgan fingerprint density at radius 2 is 2.21 bits per heavy atom. The number of halogens is 3. The van der Waals surface area contributed by atoms with Gasteiger partial charge in [0.25, 0.3) is 5.91 Å². The van der Waals surface area contributed by atoms with Crippen molar-refractivity contribution in [3.8, 4) is 0 Å². The molecule has 5 heteroatoms. The van der Waals surface area contributed by atoms with Crippen molar-refractivity contribution in [1.82, 2.24) is 4.90 Å². The number of rotatable bonds is 3. The molecule has 1 amide bonds. The molecule has 0 aliphatic carbocycles. The third-order valence-electron chi connectivity index (χ3n) is 3.43. The molecule has 0 radical (unpaired) electrons. The standard InChI is InChI=1S/C14H16Br2ClNO/c15-4-3-10-2-1-5-18(9-10)14(19)11-6-12(16)8-13(17)7-11/h6-8,10H,1-5,9H2. The molecular formula is C14H16Br2ClNO. The molecule has 19 heavy (non-hydrogen) atoms. The number of alkyl halides is 1. The molecule has 1 heterocycles. The molecular weight excluding hydrogens is 393 g/mol. The minimum Gasteiger partial charge on any atom is -0.338 e. The monoisotopic (exact) mass is 407 g/mol. The smallest absolute Gasteiger partial charge is 0.253 e. The molecule has 0 N–H and O–H groups in total. The van der Waals surface area contributed by atoms with E-state index in [-0.39, 0.29) is 5.91 Å². The van der Waals surface area contributed by atoms with E-state index in [1.165, 1.54) is 6.42 Å². The Labute approximate surface area is 135 Å². The van der Waals surface area contributed by atoms with Crippen molar-refractivity contribution in [2.75, 3.05) is 18.4 Å². The normalized spacial score (nSPS) is 19.5. The van der Waals surface area contributed by atoms with Gasteiger partial charge in [-0.15, -0.1) is 0 Å². The zero-order chi connectivity index (χ0) is 13.8. The Morgan fingerprint density at radius 3 is 2.89 bits per heavy atom. The minimum absolute atomic E-state index is 0.0856. The van der Waals surface area contributed by atoms with E-state index in [0.717, 1.165) is 35.7 Å². The maximum absolute atomic E-state index is 12.5. The fraction of sp³-hybridized carbons (Fsp3) is 0.500. The number of amides is 1. The lowest BCUT2D eigenvalue weighted by Crippen LogP contribution is -2.40. The second-order valence-corrected chi connectivity index (χ2v) is 7.04. The predicted octanol–water partition coefficient (Wildman–Crippen LogP) is 4.74. The van der Waals surface area contributed by atoms with Crippen LogP contribution in [0.15, 0.2) is 22.7 Å². The Morgan fingerprint density at radius 1 is 1.42 bits per heavy atom. The van der Waals surface area contributed by atoms with Crippen LogP contribution in [0.4, 0.5) is 0 Å². The summed E-state index contributed by atoms with van der Waals surface area (Å²) in [7, 11) is 0. The van der Waals surface area contributed by atoms with E-state index in [2.05, 4.69) is 31.9 Å². The lowest BCUT2D eigenvalue weighted by atomic mass is 9.95. The van der Waals surface area contributed by atoms with Crippen molar-refractivity contribution in [2.24, 2.45) is 5.92 Å². The summed E-state index contributed by atoms with van der Waals surface area (Å²) in [5.41, 5.74) is 0.666. The van der Waals surface area contributed by atoms with Gasteiger partial charge in [-0.1, -0.05) is 43.5 Å². The molecule has 104 valence electrons. The van der Waals surface area contributed by atoms with Gasteiger partial charge in [0.05, 0.1) is 0 Å². The second-order valence-electron chi connectivity index (χ2n) is 4.90. The molecule has 1 saturated heterocycles. The van der Waals surface area contributed by atoms with Crippen molar-refractivity contribution >= 4 is 49.4 Å². The number of likely N-dealkylation sites (tertiary alicyclic amines) is 1. The second kappa shape index (κ2) is 7.09. The van der Waals surface area contributed by atoms with Gasteiger partial charge in [0.2, 0.25) is 0 Å². The zero-order valence-corrected chi connectivity index (χ0v) is 14.5. The summed E-state index contributed by atoms with van der Waals surface area (Å²) in [5.74, 6) is 0.696. The Kier molecular flexibility index (Phi) is 5.72. The van der Waals surface area contributed by atoms with E-state index < -0.39 is 0 Å². The molecule has 1 aromatic carbocycles. The third-order valence-corrected chi connectivity index (χ3v) is 4.57. The largest absolute Gasteiger partial charge is 0.338 e. The topological polar surface area (TPSA) is 20.3 Å². The first-order valence-electron chi connectivity index (χ1n) is 6.41. The van der Waals surface area contributed by atoms with Gasteiger partial charge in [-0.25, -0.2) is 0 Å². The molecule has 1 fully saturated rings. The van der Waals surface area contributed by atoms with Gasteiger partial charge in [-0.2, -0.15) is 0 Å². The van der Waals surface area contributed by atoms with E-state index in [9.17, 15) is 4.79 Å². The van der Waals surface area contributed by atoms with Gasteiger partial charge in [0.1, 0.15) is 0 Å². The fourth-order valence-corrected chi connectivity index (χ4v) is 4.01. The van der Waals surface area contributed by atoms with Crippen LogP contribution in [0, 0.1) is 5.92 Å². The summed E-state index contributed by atoms with van der Waals surface area (Å²) in [5, 5.41) is 1.59. The van der Waals surface area contributed by atoms with Gasteiger partial charge in [0, 0.05) is 33.5 Å². The molecule has 2 rings (SSSR count). The number of benzene rings is 1. The van der Waals surface area contributed by atoms with Crippen LogP contribution in [0.5, 0.6) is 0 Å². The summed E-state index contributed by atoms with van der Waals surface area (Å²) in [6.07, 6.45) is 3.43. The molecule has 1 aliphatic heterocycles. The molecule has 1 aromatic rings. The Balaban J connectivity index is 2.10. The highest BCUT2D eigenvalue weighted by Crippen LogP contribution is 2.24. The SMILES string of the molecule is O=C(c1cc(Cl)cc(Br)c1)N1CCCC(CCBr)C1. The van der Waals surface area contributed by atoms with Crippen LogP contribution < -0.4 is 0 Å². The summed E-state index contributed by atoms with van der Waals surface area (Å²) in [6.45, 7) is 1.70. The summed E-state index contributed by atoms with van der Waals surface area (Å²) >= 11 is 12.9. The average molecular weight is 410 g/mol. The Bertz CT molecular complexity index is 445. The summed E-state index contributed by atoms with van der Waals surface area (Å²) in [6, 6.07) is 5.37. The first-order valence-corrected chi connectivity index (χ1v) is 8.70. The fourth-order valence-electron chi connectivity index (χ4n) is 2.50. The van der Waals surface area contributed by atoms with Gasteiger partial charge >= 0.3 is 0 Å². The van der Waals surface area contributed by atoms with Crippen LogP contribution in [0.25, 0.3) is 0 Å². The molecule has 2 nitrogen and oxygen atoms in total. The highest BCUT2D eigenvalue weighted by atomic mass is 79.9. The zero-order valence-electron chi connectivity index (χ0n) is 10.5. The predicted molar refractivity (Wildman–Crippen MR) is 86.2 cm³/mol. The van der Waals surface area contributed by atoms with E-state index in [1.807, 2.05) is 11.0 Å². The van der Waals surface area contributed by atoms with Crippen molar-refractivity contribution in [1.29, 1.82) is 0 Å². The number of piperidine rings is 1. The summed E-state index contributed by atoms with van der Waals surface area (Å²) in [4.78, 5) is 14.4. The third kappa shape index (κ3) is 4.20.